The first-order chi connectivity index (χ1) is 9.80. The van der Waals surface area contributed by atoms with E-state index in [1.807, 2.05) is 0 Å². The molecule has 108 valence electrons. The van der Waals surface area contributed by atoms with Gasteiger partial charge in [0.25, 0.3) is 5.69 Å². The SMILES string of the molecule is O=[N+]([O-])c1cc(Cl)cc2c1Nc1cc(F)ccc1S2(=O)=O. The van der Waals surface area contributed by atoms with Crippen molar-refractivity contribution in [3.8, 4) is 0 Å². The highest BCUT2D eigenvalue weighted by atomic mass is 35.5. The summed E-state index contributed by atoms with van der Waals surface area (Å²) < 4.78 is 38.2. The first-order valence-corrected chi connectivity index (χ1v) is 7.46. The summed E-state index contributed by atoms with van der Waals surface area (Å²) in [7, 11) is -4.01. The summed E-state index contributed by atoms with van der Waals surface area (Å²) in [6.45, 7) is 0. The summed E-state index contributed by atoms with van der Waals surface area (Å²) in [4.78, 5) is 9.84. The van der Waals surface area contributed by atoms with Crippen molar-refractivity contribution in [2.24, 2.45) is 0 Å². The van der Waals surface area contributed by atoms with E-state index >= 15 is 0 Å². The van der Waals surface area contributed by atoms with Gasteiger partial charge < -0.3 is 5.32 Å². The van der Waals surface area contributed by atoms with Crippen LogP contribution in [0.1, 0.15) is 0 Å². The van der Waals surface area contributed by atoms with E-state index in [0.29, 0.717) is 0 Å². The fourth-order valence-corrected chi connectivity index (χ4v) is 4.00. The molecule has 1 aliphatic rings. The van der Waals surface area contributed by atoms with Crippen LogP contribution < -0.4 is 5.32 Å². The van der Waals surface area contributed by atoms with E-state index in [4.69, 9.17) is 11.6 Å². The van der Waals surface area contributed by atoms with Crippen LogP contribution in [0.25, 0.3) is 0 Å². The minimum absolute atomic E-state index is 0.0482. The second kappa shape index (κ2) is 4.40. The van der Waals surface area contributed by atoms with Gasteiger partial charge in [0.15, 0.2) is 0 Å². The van der Waals surface area contributed by atoms with Gasteiger partial charge in [0, 0.05) is 11.1 Å². The van der Waals surface area contributed by atoms with Gasteiger partial charge in [-0.05, 0) is 24.3 Å². The number of rotatable bonds is 1. The maximum Gasteiger partial charge on any atom is 0.295 e. The second-order valence-corrected chi connectivity index (χ2v) is 6.65. The molecule has 1 aliphatic heterocycles. The van der Waals surface area contributed by atoms with Crippen LogP contribution in [-0.4, -0.2) is 13.3 Å². The van der Waals surface area contributed by atoms with Crippen molar-refractivity contribution in [2.45, 2.75) is 9.79 Å². The fourth-order valence-electron chi connectivity index (χ4n) is 2.14. The number of anilines is 2. The Balaban J connectivity index is 2.38. The van der Waals surface area contributed by atoms with Crippen LogP contribution in [0.5, 0.6) is 0 Å². The lowest BCUT2D eigenvalue weighted by Gasteiger charge is -2.21. The normalized spacial score (nSPS) is 14.8. The zero-order chi connectivity index (χ0) is 15.4. The average Bonchev–Trinajstić information content (AvgIpc) is 2.38. The number of fused-ring (bicyclic) bond motifs is 2. The summed E-state index contributed by atoms with van der Waals surface area (Å²) >= 11 is 5.75. The van der Waals surface area contributed by atoms with E-state index in [9.17, 15) is 22.9 Å². The highest BCUT2D eigenvalue weighted by molar-refractivity contribution is 7.92. The molecule has 0 spiro atoms. The highest BCUT2D eigenvalue weighted by Crippen LogP contribution is 2.45. The third-order valence-electron chi connectivity index (χ3n) is 3.02. The number of nitrogens with zero attached hydrogens (tertiary/aromatic N) is 1. The number of nitro groups is 1. The standard InChI is InChI=1S/C12H6ClFN2O4S/c13-6-3-9(16(17)18)12-11(4-6)21(19,20)10-2-1-7(14)5-8(10)15-12/h1-5,15H. The van der Waals surface area contributed by atoms with Crippen LogP contribution in [0.3, 0.4) is 0 Å². The Morgan fingerprint density at radius 3 is 2.57 bits per heavy atom. The zero-order valence-corrected chi connectivity index (χ0v) is 11.7. The number of nitrogens with one attached hydrogen (secondary N) is 1. The molecule has 21 heavy (non-hydrogen) atoms. The summed E-state index contributed by atoms with van der Waals surface area (Å²) in [6, 6.07) is 5.23. The van der Waals surface area contributed by atoms with Crippen LogP contribution in [-0.2, 0) is 9.84 Å². The van der Waals surface area contributed by atoms with Crippen LogP contribution in [0.15, 0.2) is 40.1 Å². The van der Waals surface area contributed by atoms with E-state index in [1.165, 1.54) is 0 Å². The second-order valence-electron chi connectivity index (χ2n) is 4.32. The lowest BCUT2D eigenvalue weighted by Crippen LogP contribution is -2.15. The Kier molecular flexibility index (Phi) is 2.89. The average molecular weight is 329 g/mol. The summed E-state index contributed by atoms with van der Waals surface area (Å²) in [5.41, 5.74) is -0.758. The Hall–Kier alpha value is -2.19. The number of sulfone groups is 1. The number of hydrogen-bond donors (Lipinski definition) is 1. The van der Waals surface area contributed by atoms with Gasteiger partial charge in [0.2, 0.25) is 9.84 Å². The topological polar surface area (TPSA) is 89.3 Å². The van der Waals surface area contributed by atoms with Crippen LogP contribution in [0, 0.1) is 15.9 Å². The molecule has 2 aromatic carbocycles. The van der Waals surface area contributed by atoms with Crippen LogP contribution in [0.2, 0.25) is 5.02 Å². The van der Waals surface area contributed by atoms with E-state index < -0.39 is 26.3 Å². The van der Waals surface area contributed by atoms with E-state index in [2.05, 4.69) is 5.32 Å². The minimum Gasteiger partial charge on any atom is -0.348 e. The number of hydrogen-bond acceptors (Lipinski definition) is 5. The molecule has 1 N–H and O–H groups in total. The minimum atomic E-state index is -4.01. The number of benzene rings is 2. The van der Waals surface area contributed by atoms with Gasteiger partial charge in [-0.1, -0.05) is 11.6 Å². The number of halogens is 2. The predicted molar refractivity (Wildman–Crippen MR) is 73.2 cm³/mol. The molecule has 2 aromatic rings. The summed E-state index contributed by atoms with van der Waals surface area (Å²) in [5, 5.41) is 13.6. The first-order valence-electron chi connectivity index (χ1n) is 5.60. The predicted octanol–water partition coefficient (Wildman–Crippen LogP) is 3.28. The quantitative estimate of drug-likeness (QED) is 0.420. The largest absolute Gasteiger partial charge is 0.348 e. The summed E-state index contributed by atoms with van der Waals surface area (Å²) in [6.07, 6.45) is 0. The third-order valence-corrected chi connectivity index (χ3v) is 5.08. The molecule has 0 saturated heterocycles. The molecule has 6 nitrogen and oxygen atoms in total. The Morgan fingerprint density at radius 1 is 1.19 bits per heavy atom. The van der Waals surface area contributed by atoms with Crippen molar-refractivity contribution in [1.29, 1.82) is 0 Å². The van der Waals surface area contributed by atoms with Gasteiger partial charge in [-0.3, -0.25) is 10.1 Å². The van der Waals surface area contributed by atoms with E-state index in [-0.39, 0.29) is 26.2 Å². The Morgan fingerprint density at radius 2 is 1.90 bits per heavy atom. The molecule has 0 atom stereocenters. The van der Waals surface area contributed by atoms with Gasteiger partial charge in [-0.2, -0.15) is 0 Å². The van der Waals surface area contributed by atoms with Crippen molar-refractivity contribution < 1.29 is 17.7 Å². The lowest BCUT2D eigenvalue weighted by atomic mass is 10.2. The maximum atomic E-state index is 13.3. The van der Waals surface area contributed by atoms with Gasteiger partial charge in [0.1, 0.15) is 16.4 Å². The molecule has 3 rings (SSSR count). The third kappa shape index (κ3) is 2.03. The van der Waals surface area contributed by atoms with Gasteiger partial charge in [-0.25, -0.2) is 12.8 Å². The van der Waals surface area contributed by atoms with Gasteiger partial charge >= 0.3 is 0 Å². The smallest absolute Gasteiger partial charge is 0.295 e. The molecule has 0 unspecified atom stereocenters. The van der Waals surface area contributed by atoms with Gasteiger partial charge in [0.05, 0.1) is 15.5 Å². The molecule has 0 aliphatic carbocycles. The van der Waals surface area contributed by atoms with E-state index in [0.717, 1.165) is 30.3 Å². The summed E-state index contributed by atoms with van der Waals surface area (Å²) in [5.74, 6) is -0.656. The molecule has 9 heteroatoms. The molecule has 0 aromatic heterocycles. The zero-order valence-electron chi connectivity index (χ0n) is 10.1. The van der Waals surface area contributed by atoms with Crippen LogP contribution >= 0.6 is 11.6 Å². The fraction of sp³-hybridized carbons (Fsp3) is 0. The molecular formula is C12H6ClFN2O4S. The highest BCUT2D eigenvalue weighted by Gasteiger charge is 2.35. The molecular weight excluding hydrogens is 323 g/mol. The molecule has 0 radical (unpaired) electrons. The Bertz CT molecular complexity index is 898. The lowest BCUT2D eigenvalue weighted by molar-refractivity contribution is -0.384. The number of nitro benzene ring substituents is 1. The molecule has 0 saturated carbocycles. The van der Waals surface area contributed by atoms with Gasteiger partial charge in [-0.15, -0.1) is 0 Å². The van der Waals surface area contributed by atoms with Crippen molar-refractivity contribution >= 4 is 38.5 Å². The first kappa shape index (κ1) is 13.8. The van der Waals surface area contributed by atoms with Crippen molar-refractivity contribution in [1.82, 2.24) is 0 Å². The molecule has 0 amide bonds. The Labute approximate surface area is 123 Å². The van der Waals surface area contributed by atoms with Crippen molar-refractivity contribution in [3.63, 3.8) is 0 Å². The molecule has 0 fully saturated rings. The van der Waals surface area contributed by atoms with Crippen molar-refractivity contribution in [2.75, 3.05) is 5.32 Å². The van der Waals surface area contributed by atoms with Crippen molar-refractivity contribution in [3.05, 3.63) is 51.3 Å². The van der Waals surface area contributed by atoms with E-state index in [1.54, 1.807) is 0 Å². The maximum absolute atomic E-state index is 13.3. The monoisotopic (exact) mass is 328 g/mol. The van der Waals surface area contributed by atoms with Crippen LogP contribution in [0.4, 0.5) is 21.5 Å². The molecule has 1 heterocycles. The molecule has 0 bridgehead atoms.